The molecule has 1 aromatic carbocycles. The number of nitrogens with one attached hydrogen (secondary N) is 1. The van der Waals surface area contributed by atoms with Gasteiger partial charge in [0.05, 0.1) is 5.56 Å². The summed E-state index contributed by atoms with van der Waals surface area (Å²) in [6.45, 7) is 2.28. The minimum absolute atomic E-state index is 0.212. The van der Waals surface area contributed by atoms with Gasteiger partial charge in [-0.05, 0) is 55.5 Å². The first-order valence-electron chi connectivity index (χ1n) is 7.10. The highest BCUT2D eigenvalue weighted by Crippen LogP contribution is 2.30. The lowest BCUT2D eigenvalue weighted by Crippen LogP contribution is -2.17. The van der Waals surface area contributed by atoms with Gasteiger partial charge in [-0.25, -0.2) is 4.39 Å². The zero-order valence-electron chi connectivity index (χ0n) is 11.7. The molecule has 1 aromatic rings. The molecule has 2 nitrogen and oxygen atoms in total. The van der Waals surface area contributed by atoms with Gasteiger partial charge >= 0.3 is 6.18 Å². The second-order valence-corrected chi connectivity index (χ2v) is 5.39. The van der Waals surface area contributed by atoms with Crippen LogP contribution in [0.4, 0.5) is 17.6 Å². The molecule has 1 aliphatic carbocycles. The van der Waals surface area contributed by atoms with Crippen LogP contribution in [0.3, 0.4) is 0 Å². The first-order valence-corrected chi connectivity index (χ1v) is 7.10. The molecule has 0 heterocycles. The molecule has 1 N–H and O–H groups in total. The van der Waals surface area contributed by atoms with E-state index < -0.39 is 17.6 Å². The van der Waals surface area contributed by atoms with Crippen LogP contribution in [0.25, 0.3) is 0 Å². The summed E-state index contributed by atoms with van der Waals surface area (Å²) >= 11 is 0. The smallest absolute Gasteiger partial charge is 0.381 e. The van der Waals surface area contributed by atoms with Gasteiger partial charge in [-0.15, -0.1) is 0 Å². The van der Waals surface area contributed by atoms with E-state index >= 15 is 0 Å². The molecule has 0 aromatic heterocycles. The lowest BCUT2D eigenvalue weighted by atomic mass is 10.1. The zero-order chi connectivity index (χ0) is 15.3. The van der Waals surface area contributed by atoms with E-state index in [0.29, 0.717) is 24.8 Å². The zero-order valence-corrected chi connectivity index (χ0v) is 11.7. The van der Waals surface area contributed by atoms with Crippen molar-refractivity contribution in [2.75, 3.05) is 19.8 Å². The second kappa shape index (κ2) is 7.22. The number of halogens is 4. The van der Waals surface area contributed by atoms with Crippen LogP contribution in [0.5, 0.6) is 0 Å². The average molecular weight is 305 g/mol. The lowest BCUT2D eigenvalue weighted by molar-refractivity contribution is -0.137. The number of alkyl halides is 3. The van der Waals surface area contributed by atoms with Crippen molar-refractivity contribution in [1.82, 2.24) is 5.32 Å². The van der Waals surface area contributed by atoms with Gasteiger partial charge in [0.15, 0.2) is 0 Å². The topological polar surface area (TPSA) is 21.3 Å². The summed E-state index contributed by atoms with van der Waals surface area (Å²) in [6.07, 6.45) is -1.24. The van der Waals surface area contributed by atoms with Gasteiger partial charge in [0.25, 0.3) is 0 Å². The molecule has 1 saturated carbocycles. The third-order valence-electron chi connectivity index (χ3n) is 3.31. The third-order valence-corrected chi connectivity index (χ3v) is 3.31. The SMILES string of the molecule is Fc1cc(CNCCCOCC2CC2)cc(C(F)(F)F)c1. The van der Waals surface area contributed by atoms with Crippen LogP contribution in [-0.2, 0) is 17.5 Å². The Labute approximate surface area is 121 Å². The minimum atomic E-state index is -4.52. The van der Waals surface area contributed by atoms with Crippen LogP contribution >= 0.6 is 0 Å². The Bertz CT molecular complexity index is 457. The van der Waals surface area contributed by atoms with E-state index in [2.05, 4.69) is 5.32 Å². The maximum atomic E-state index is 13.2. The number of ether oxygens (including phenoxy) is 1. The van der Waals surface area contributed by atoms with Gasteiger partial charge in [0.2, 0.25) is 0 Å². The molecular weight excluding hydrogens is 286 g/mol. The first-order chi connectivity index (χ1) is 9.95. The number of benzene rings is 1. The molecule has 0 unspecified atom stereocenters. The molecule has 0 radical (unpaired) electrons. The summed E-state index contributed by atoms with van der Waals surface area (Å²) in [5.41, 5.74) is -0.659. The third kappa shape index (κ3) is 6.01. The van der Waals surface area contributed by atoms with Crippen LogP contribution in [0.2, 0.25) is 0 Å². The maximum absolute atomic E-state index is 13.2. The standard InChI is InChI=1S/C15H19F4NO/c16-14-7-12(6-13(8-14)15(17,18)19)9-20-4-1-5-21-10-11-2-3-11/h6-8,11,20H,1-5,9-10H2. The summed E-state index contributed by atoms with van der Waals surface area (Å²) in [7, 11) is 0. The van der Waals surface area contributed by atoms with Gasteiger partial charge in [0.1, 0.15) is 5.82 Å². The van der Waals surface area contributed by atoms with Crippen molar-refractivity contribution in [3.8, 4) is 0 Å². The molecule has 21 heavy (non-hydrogen) atoms. The Morgan fingerprint density at radius 2 is 1.95 bits per heavy atom. The fraction of sp³-hybridized carbons (Fsp3) is 0.600. The van der Waals surface area contributed by atoms with Crippen molar-refractivity contribution in [2.24, 2.45) is 5.92 Å². The molecule has 0 aliphatic heterocycles. The van der Waals surface area contributed by atoms with E-state index in [-0.39, 0.29) is 6.54 Å². The van der Waals surface area contributed by atoms with Crippen molar-refractivity contribution >= 4 is 0 Å². The van der Waals surface area contributed by atoms with Gasteiger partial charge in [-0.2, -0.15) is 13.2 Å². The molecule has 0 atom stereocenters. The fourth-order valence-corrected chi connectivity index (χ4v) is 1.98. The highest BCUT2D eigenvalue weighted by atomic mass is 19.4. The molecule has 118 valence electrons. The van der Waals surface area contributed by atoms with Crippen LogP contribution in [0.1, 0.15) is 30.4 Å². The second-order valence-electron chi connectivity index (χ2n) is 5.39. The highest BCUT2D eigenvalue weighted by Gasteiger charge is 2.31. The van der Waals surface area contributed by atoms with E-state index in [1.165, 1.54) is 12.8 Å². The summed E-state index contributed by atoms with van der Waals surface area (Å²) in [5, 5.41) is 3.00. The van der Waals surface area contributed by atoms with E-state index in [1.54, 1.807) is 0 Å². The lowest BCUT2D eigenvalue weighted by Gasteiger charge is -2.10. The van der Waals surface area contributed by atoms with Gasteiger partial charge < -0.3 is 10.1 Å². The largest absolute Gasteiger partial charge is 0.416 e. The van der Waals surface area contributed by atoms with E-state index in [9.17, 15) is 17.6 Å². The molecule has 0 bridgehead atoms. The van der Waals surface area contributed by atoms with Crippen LogP contribution in [-0.4, -0.2) is 19.8 Å². The number of hydrogen-bond donors (Lipinski definition) is 1. The normalized spacial score (nSPS) is 15.4. The Balaban J connectivity index is 1.68. The molecule has 1 aliphatic rings. The summed E-state index contributed by atoms with van der Waals surface area (Å²) in [5.74, 6) is -0.138. The number of rotatable bonds is 8. The van der Waals surface area contributed by atoms with Crippen LogP contribution < -0.4 is 5.32 Å². The Hall–Kier alpha value is -1.14. The fourth-order valence-electron chi connectivity index (χ4n) is 1.98. The van der Waals surface area contributed by atoms with Gasteiger partial charge in [0, 0.05) is 19.8 Å². The summed E-state index contributed by atoms with van der Waals surface area (Å²) < 4.78 is 56.2. The molecule has 2 rings (SSSR count). The molecule has 6 heteroatoms. The Morgan fingerprint density at radius 3 is 2.62 bits per heavy atom. The Morgan fingerprint density at radius 1 is 1.19 bits per heavy atom. The molecule has 0 amide bonds. The van der Waals surface area contributed by atoms with Crippen molar-refractivity contribution in [3.05, 3.63) is 35.1 Å². The molecule has 0 saturated heterocycles. The minimum Gasteiger partial charge on any atom is -0.381 e. The maximum Gasteiger partial charge on any atom is 0.416 e. The molecule has 0 spiro atoms. The van der Waals surface area contributed by atoms with Crippen LogP contribution in [0.15, 0.2) is 18.2 Å². The van der Waals surface area contributed by atoms with Crippen LogP contribution in [0, 0.1) is 11.7 Å². The van der Waals surface area contributed by atoms with Crippen molar-refractivity contribution < 1.29 is 22.3 Å². The van der Waals surface area contributed by atoms with Crippen molar-refractivity contribution in [2.45, 2.75) is 32.0 Å². The monoisotopic (exact) mass is 305 g/mol. The van der Waals surface area contributed by atoms with E-state index in [0.717, 1.165) is 31.1 Å². The van der Waals surface area contributed by atoms with Gasteiger partial charge in [-0.1, -0.05) is 0 Å². The predicted molar refractivity (Wildman–Crippen MR) is 71.3 cm³/mol. The summed E-state index contributed by atoms with van der Waals surface area (Å²) in [4.78, 5) is 0. The average Bonchev–Trinajstić information content (AvgIpc) is 3.20. The predicted octanol–water partition coefficient (Wildman–Crippen LogP) is 3.75. The van der Waals surface area contributed by atoms with Gasteiger partial charge in [-0.3, -0.25) is 0 Å². The molecule has 1 fully saturated rings. The quantitative estimate of drug-likeness (QED) is 0.583. The van der Waals surface area contributed by atoms with Crippen molar-refractivity contribution in [1.29, 1.82) is 0 Å². The van der Waals surface area contributed by atoms with Crippen molar-refractivity contribution in [3.63, 3.8) is 0 Å². The van der Waals surface area contributed by atoms with E-state index in [4.69, 9.17) is 4.74 Å². The van der Waals surface area contributed by atoms with E-state index in [1.807, 2.05) is 0 Å². The Kier molecular flexibility index (Phi) is 5.58. The number of hydrogen-bond acceptors (Lipinski definition) is 2. The first kappa shape index (κ1) is 16.2. The molecular formula is C15H19F4NO. The highest BCUT2D eigenvalue weighted by molar-refractivity contribution is 5.26. The summed E-state index contributed by atoms with van der Waals surface area (Å²) in [6, 6.07) is 2.60.